The van der Waals surface area contributed by atoms with Crippen molar-refractivity contribution in [2.24, 2.45) is 5.41 Å². The summed E-state index contributed by atoms with van der Waals surface area (Å²) in [7, 11) is 0. The number of carbonyl (C=O) groups is 2. The van der Waals surface area contributed by atoms with Crippen LogP contribution in [-0.4, -0.2) is 23.6 Å². The van der Waals surface area contributed by atoms with Gasteiger partial charge in [0.25, 0.3) is 0 Å². The third-order valence-corrected chi connectivity index (χ3v) is 5.19. The molecule has 0 saturated carbocycles. The number of nitrogens with one attached hydrogen (secondary N) is 2. The van der Waals surface area contributed by atoms with E-state index in [4.69, 9.17) is 17.0 Å². The van der Waals surface area contributed by atoms with Gasteiger partial charge in [0, 0.05) is 20.8 Å². The highest BCUT2D eigenvalue weighted by Gasteiger charge is 2.25. The molecule has 1 aromatic heterocycles. The van der Waals surface area contributed by atoms with E-state index >= 15 is 0 Å². The Kier molecular flexibility index (Phi) is 7.13. The standard InChI is InChI=1S/C19H21BrN2O3S2/c1-5-25-16(23)14-13(11-6-8-12(20)9-7-11)10-27-15(14)21-18(26)22-17(24)19(2,3)4/h6-10H,5H2,1-4H3,(H2,21,22,24,26). The van der Waals surface area contributed by atoms with E-state index in [1.807, 2.05) is 29.6 Å². The minimum absolute atomic E-state index is 0.143. The molecule has 27 heavy (non-hydrogen) atoms. The normalized spacial score (nSPS) is 11.0. The molecule has 2 N–H and O–H groups in total. The van der Waals surface area contributed by atoms with Crippen LogP contribution in [0.2, 0.25) is 0 Å². The Morgan fingerprint density at radius 2 is 1.85 bits per heavy atom. The molecule has 0 aliphatic heterocycles. The average molecular weight is 469 g/mol. The lowest BCUT2D eigenvalue weighted by Gasteiger charge is -2.18. The predicted molar refractivity (Wildman–Crippen MR) is 117 cm³/mol. The first-order valence-electron chi connectivity index (χ1n) is 8.30. The van der Waals surface area contributed by atoms with Crippen LogP contribution in [0.25, 0.3) is 11.1 Å². The largest absolute Gasteiger partial charge is 0.462 e. The van der Waals surface area contributed by atoms with E-state index in [9.17, 15) is 9.59 Å². The summed E-state index contributed by atoms with van der Waals surface area (Å²) in [6.07, 6.45) is 0. The summed E-state index contributed by atoms with van der Waals surface area (Å²) in [4.78, 5) is 24.7. The van der Waals surface area contributed by atoms with Gasteiger partial charge >= 0.3 is 5.97 Å². The highest BCUT2D eigenvalue weighted by Crippen LogP contribution is 2.36. The van der Waals surface area contributed by atoms with E-state index in [1.54, 1.807) is 27.7 Å². The fourth-order valence-corrected chi connectivity index (χ4v) is 3.61. The SMILES string of the molecule is CCOC(=O)c1c(-c2ccc(Br)cc2)csc1NC(=S)NC(=O)C(C)(C)C. The molecule has 0 fully saturated rings. The monoisotopic (exact) mass is 468 g/mol. The van der Waals surface area contributed by atoms with Crippen molar-refractivity contribution in [1.29, 1.82) is 0 Å². The number of esters is 1. The molecule has 2 rings (SSSR count). The van der Waals surface area contributed by atoms with Crippen molar-refractivity contribution >= 4 is 61.5 Å². The molecule has 0 aliphatic rings. The Morgan fingerprint density at radius 3 is 2.41 bits per heavy atom. The van der Waals surface area contributed by atoms with E-state index in [0.717, 1.165) is 15.6 Å². The van der Waals surface area contributed by atoms with Crippen molar-refractivity contribution in [3.05, 3.63) is 39.7 Å². The number of thiocarbonyl (C=S) groups is 1. The third kappa shape index (κ3) is 5.60. The minimum Gasteiger partial charge on any atom is -0.462 e. The number of carbonyl (C=O) groups excluding carboxylic acids is 2. The number of hydrogen-bond donors (Lipinski definition) is 2. The summed E-state index contributed by atoms with van der Waals surface area (Å²) in [5, 5.41) is 8.16. The number of thiophene rings is 1. The van der Waals surface area contributed by atoms with Crippen molar-refractivity contribution in [2.75, 3.05) is 11.9 Å². The molecule has 0 unspecified atom stereocenters. The number of amides is 1. The molecule has 2 aromatic rings. The quantitative estimate of drug-likeness (QED) is 0.475. The van der Waals surface area contributed by atoms with Crippen LogP contribution >= 0.6 is 39.5 Å². The van der Waals surface area contributed by atoms with E-state index < -0.39 is 11.4 Å². The van der Waals surface area contributed by atoms with Gasteiger partial charge in [-0.3, -0.25) is 4.79 Å². The molecule has 5 nitrogen and oxygen atoms in total. The van der Waals surface area contributed by atoms with Crippen molar-refractivity contribution < 1.29 is 14.3 Å². The Balaban J connectivity index is 2.33. The molecule has 8 heteroatoms. The summed E-state index contributed by atoms with van der Waals surface area (Å²) < 4.78 is 6.17. The van der Waals surface area contributed by atoms with Gasteiger partial charge in [-0.15, -0.1) is 11.3 Å². The van der Waals surface area contributed by atoms with Gasteiger partial charge in [-0.2, -0.15) is 0 Å². The van der Waals surface area contributed by atoms with E-state index in [-0.39, 0.29) is 17.6 Å². The van der Waals surface area contributed by atoms with Gasteiger partial charge < -0.3 is 15.4 Å². The first kappa shape index (κ1) is 21.5. The lowest BCUT2D eigenvalue weighted by Crippen LogP contribution is -2.41. The molecule has 0 spiro atoms. The molecule has 144 valence electrons. The number of benzene rings is 1. The highest BCUT2D eigenvalue weighted by atomic mass is 79.9. The predicted octanol–water partition coefficient (Wildman–Crippen LogP) is 5.21. The fourth-order valence-electron chi connectivity index (χ4n) is 2.12. The van der Waals surface area contributed by atoms with E-state index in [0.29, 0.717) is 10.6 Å². The van der Waals surface area contributed by atoms with Crippen LogP contribution < -0.4 is 10.6 Å². The number of hydrogen-bond acceptors (Lipinski definition) is 5. The van der Waals surface area contributed by atoms with Crippen molar-refractivity contribution in [1.82, 2.24) is 5.32 Å². The molecule has 0 radical (unpaired) electrons. The second kappa shape index (κ2) is 8.95. The zero-order valence-corrected chi connectivity index (χ0v) is 18.7. The number of rotatable bonds is 4. The number of anilines is 1. The second-order valence-corrected chi connectivity index (χ2v) is 8.94. The van der Waals surface area contributed by atoms with Crippen LogP contribution in [0, 0.1) is 5.41 Å². The molecule has 0 bridgehead atoms. The molecule has 0 atom stereocenters. The maximum atomic E-state index is 12.6. The van der Waals surface area contributed by atoms with Crippen LogP contribution in [0.1, 0.15) is 38.1 Å². The summed E-state index contributed by atoms with van der Waals surface area (Å²) in [5.74, 6) is -0.647. The lowest BCUT2D eigenvalue weighted by atomic mass is 9.96. The number of ether oxygens (including phenoxy) is 1. The van der Waals surface area contributed by atoms with E-state index in [2.05, 4.69) is 26.6 Å². The van der Waals surface area contributed by atoms with Gasteiger partial charge in [0.2, 0.25) is 5.91 Å². The van der Waals surface area contributed by atoms with E-state index in [1.165, 1.54) is 11.3 Å². The first-order valence-corrected chi connectivity index (χ1v) is 10.4. The van der Waals surface area contributed by atoms with Crippen molar-refractivity contribution in [3.63, 3.8) is 0 Å². The van der Waals surface area contributed by atoms with Gasteiger partial charge in [0.05, 0.1) is 6.61 Å². The van der Waals surface area contributed by atoms with Gasteiger partial charge in [-0.05, 0) is 36.8 Å². The van der Waals surface area contributed by atoms with Gasteiger partial charge in [-0.25, -0.2) is 4.79 Å². The molecular formula is C19H21BrN2O3S2. The number of halogens is 1. The maximum Gasteiger partial charge on any atom is 0.341 e. The maximum absolute atomic E-state index is 12.6. The smallest absolute Gasteiger partial charge is 0.341 e. The van der Waals surface area contributed by atoms with Crippen LogP contribution in [0.4, 0.5) is 5.00 Å². The topological polar surface area (TPSA) is 67.4 Å². The third-order valence-electron chi connectivity index (χ3n) is 3.56. The van der Waals surface area contributed by atoms with Gasteiger partial charge in [-0.1, -0.05) is 48.8 Å². The molecule has 0 saturated heterocycles. The molecular weight excluding hydrogens is 448 g/mol. The van der Waals surface area contributed by atoms with Gasteiger partial charge in [0.15, 0.2) is 5.11 Å². The summed E-state index contributed by atoms with van der Waals surface area (Å²) >= 11 is 9.98. The highest BCUT2D eigenvalue weighted by molar-refractivity contribution is 9.10. The zero-order valence-electron chi connectivity index (χ0n) is 15.5. The fraction of sp³-hybridized carbons (Fsp3) is 0.316. The van der Waals surface area contributed by atoms with Crippen LogP contribution in [0.5, 0.6) is 0 Å². The Morgan fingerprint density at radius 1 is 1.22 bits per heavy atom. The van der Waals surface area contributed by atoms with Crippen LogP contribution in [0.3, 0.4) is 0 Å². The average Bonchev–Trinajstić information content (AvgIpc) is 2.98. The summed E-state index contributed by atoms with van der Waals surface area (Å²) in [6, 6.07) is 7.64. The Labute approximate surface area is 176 Å². The zero-order chi connectivity index (χ0) is 20.2. The molecule has 1 amide bonds. The van der Waals surface area contributed by atoms with Crippen LogP contribution in [0.15, 0.2) is 34.1 Å². The Hall–Kier alpha value is -1.77. The summed E-state index contributed by atoms with van der Waals surface area (Å²) in [6.45, 7) is 7.41. The molecule has 0 aliphatic carbocycles. The van der Waals surface area contributed by atoms with Gasteiger partial charge in [0.1, 0.15) is 10.6 Å². The molecule has 1 heterocycles. The van der Waals surface area contributed by atoms with Crippen molar-refractivity contribution in [3.8, 4) is 11.1 Å². The second-order valence-electron chi connectivity index (χ2n) is 6.74. The van der Waals surface area contributed by atoms with Crippen LogP contribution in [-0.2, 0) is 9.53 Å². The van der Waals surface area contributed by atoms with Crippen molar-refractivity contribution in [2.45, 2.75) is 27.7 Å². The molecule has 1 aromatic carbocycles. The Bertz CT molecular complexity index is 855. The first-order chi connectivity index (χ1) is 12.6. The minimum atomic E-state index is -0.576. The summed E-state index contributed by atoms with van der Waals surface area (Å²) in [5.41, 5.74) is 1.46. The lowest BCUT2D eigenvalue weighted by molar-refractivity contribution is -0.126.